The summed E-state index contributed by atoms with van der Waals surface area (Å²) in [6, 6.07) is 9.63. The van der Waals surface area contributed by atoms with E-state index in [0.717, 1.165) is 24.1 Å². The summed E-state index contributed by atoms with van der Waals surface area (Å²) in [7, 11) is 0. The molecule has 1 amide bonds. The first-order chi connectivity index (χ1) is 9.16. The molecule has 1 aromatic carbocycles. The summed E-state index contributed by atoms with van der Waals surface area (Å²) in [6.07, 6.45) is 5.19. The Morgan fingerprint density at radius 2 is 2.26 bits per heavy atom. The summed E-state index contributed by atoms with van der Waals surface area (Å²) >= 11 is 0. The Kier molecular flexibility index (Phi) is 2.83. The van der Waals surface area contributed by atoms with E-state index in [1.54, 1.807) is 6.20 Å². The molecule has 1 aliphatic rings. The number of rotatable bonds is 4. The van der Waals surface area contributed by atoms with Crippen LogP contribution in [0, 0.1) is 0 Å². The van der Waals surface area contributed by atoms with Crippen LogP contribution >= 0.6 is 0 Å². The molecule has 1 heterocycles. The van der Waals surface area contributed by atoms with Crippen molar-refractivity contribution in [3.8, 4) is 0 Å². The van der Waals surface area contributed by atoms with Crippen molar-refractivity contribution in [3.63, 3.8) is 0 Å². The topological polar surface area (TPSA) is 72.9 Å². The number of nitrogens with zero attached hydrogens (tertiary/aromatic N) is 2. The monoisotopic (exact) mass is 256 g/mol. The predicted molar refractivity (Wildman–Crippen MR) is 72.6 cm³/mol. The minimum absolute atomic E-state index is 0.0938. The maximum atomic E-state index is 11.9. The smallest absolute Gasteiger partial charge is 0.244 e. The van der Waals surface area contributed by atoms with Crippen LogP contribution < -0.4 is 11.1 Å². The molecule has 3 rings (SSSR count). The normalized spacial score (nSPS) is 16.1. The van der Waals surface area contributed by atoms with Gasteiger partial charge < -0.3 is 11.1 Å². The summed E-state index contributed by atoms with van der Waals surface area (Å²) in [5.74, 6) is -0.0938. The molecule has 1 fully saturated rings. The van der Waals surface area contributed by atoms with E-state index >= 15 is 0 Å². The number of anilines is 1. The average molecular weight is 256 g/mol. The fourth-order valence-corrected chi connectivity index (χ4v) is 1.95. The highest BCUT2D eigenvalue weighted by Gasteiger charge is 2.45. The molecule has 19 heavy (non-hydrogen) atoms. The summed E-state index contributed by atoms with van der Waals surface area (Å²) in [5.41, 5.74) is 7.09. The molecule has 0 unspecified atom stereocenters. The second-order valence-electron chi connectivity index (χ2n) is 5.01. The van der Waals surface area contributed by atoms with E-state index in [0.29, 0.717) is 6.54 Å². The summed E-state index contributed by atoms with van der Waals surface area (Å²) in [6.45, 7) is 0.685. The maximum Gasteiger partial charge on any atom is 0.244 e. The molecule has 1 aliphatic carbocycles. The Hall–Kier alpha value is -2.14. The van der Waals surface area contributed by atoms with Crippen molar-refractivity contribution >= 4 is 11.6 Å². The molecular formula is C14H16N4O. The highest BCUT2D eigenvalue weighted by Crippen LogP contribution is 2.33. The Balaban J connectivity index is 1.71. The van der Waals surface area contributed by atoms with E-state index in [1.165, 1.54) is 0 Å². The van der Waals surface area contributed by atoms with E-state index < -0.39 is 5.54 Å². The molecule has 0 aliphatic heterocycles. The van der Waals surface area contributed by atoms with Crippen molar-refractivity contribution in [1.29, 1.82) is 0 Å². The minimum atomic E-state index is -0.641. The quantitative estimate of drug-likeness (QED) is 0.867. The summed E-state index contributed by atoms with van der Waals surface area (Å²) < 4.78 is 1.84. The lowest BCUT2D eigenvalue weighted by Gasteiger charge is -2.11. The Morgan fingerprint density at radius 3 is 2.95 bits per heavy atom. The van der Waals surface area contributed by atoms with Crippen LogP contribution in [0.15, 0.2) is 42.7 Å². The van der Waals surface area contributed by atoms with Crippen LogP contribution in [0.25, 0.3) is 0 Å². The van der Waals surface area contributed by atoms with Crippen LogP contribution in [-0.2, 0) is 11.3 Å². The number of carbonyl (C=O) groups excluding carboxylic acids is 1. The van der Waals surface area contributed by atoms with Gasteiger partial charge in [0, 0.05) is 18.1 Å². The molecule has 3 N–H and O–H groups in total. The Morgan fingerprint density at radius 1 is 1.42 bits per heavy atom. The Bertz CT molecular complexity index is 587. The third-order valence-electron chi connectivity index (χ3n) is 3.33. The Labute approximate surface area is 111 Å². The largest absolute Gasteiger partial charge is 0.324 e. The predicted octanol–water partition coefficient (Wildman–Crippen LogP) is 1.36. The molecule has 98 valence electrons. The minimum Gasteiger partial charge on any atom is -0.324 e. The number of carbonyl (C=O) groups is 1. The van der Waals surface area contributed by atoms with Crippen molar-refractivity contribution in [2.75, 3.05) is 5.32 Å². The van der Waals surface area contributed by atoms with Gasteiger partial charge in [-0.3, -0.25) is 9.48 Å². The van der Waals surface area contributed by atoms with Crippen molar-refractivity contribution < 1.29 is 4.79 Å². The standard InChI is InChI=1S/C14H16N4O/c15-14(5-6-14)13(19)17-12-4-1-3-11(9-12)10-18-8-2-7-16-18/h1-4,7-9H,5-6,10,15H2,(H,17,19). The van der Waals surface area contributed by atoms with E-state index in [1.807, 2.05) is 41.2 Å². The molecule has 5 nitrogen and oxygen atoms in total. The van der Waals surface area contributed by atoms with E-state index in [-0.39, 0.29) is 5.91 Å². The molecule has 5 heteroatoms. The highest BCUT2D eigenvalue weighted by molar-refractivity contribution is 6.00. The second-order valence-corrected chi connectivity index (χ2v) is 5.01. The zero-order chi connectivity index (χ0) is 13.3. The van der Waals surface area contributed by atoms with Gasteiger partial charge in [0.2, 0.25) is 5.91 Å². The number of amides is 1. The van der Waals surface area contributed by atoms with E-state index in [2.05, 4.69) is 10.4 Å². The highest BCUT2D eigenvalue weighted by atomic mass is 16.2. The van der Waals surface area contributed by atoms with Crippen molar-refractivity contribution in [2.45, 2.75) is 24.9 Å². The summed E-state index contributed by atoms with van der Waals surface area (Å²) in [5, 5.41) is 7.03. The number of aromatic nitrogens is 2. The van der Waals surface area contributed by atoms with Crippen LogP contribution in [0.4, 0.5) is 5.69 Å². The van der Waals surface area contributed by atoms with Crippen LogP contribution in [0.5, 0.6) is 0 Å². The van der Waals surface area contributed by atoms with Crippen LogP contribution in [0.2, 0.25) is 0 Å². The first-order valence-electron chi connectivity index (χ1n) is 6.32. The lowest BCUT2D eigenvalue weighted by molar-refractivity contribution is -0.118. The van der Waals surface area contributed by atoms with E-state index in [9.17, 15) is 4.79 Å². The number of benzene rings is 1. The molecule has 1 aromatic heterocycles. The molecule has 0 saturated heterocycles. The number of nitrogens with one attached hydrogen (secondary N) is 1. The van der Waals surface area contributed by atoms with Gasteiger partial charge in [-0.15, -0.1) is 0 Å². The third kappa shape index (κ3) is 2.66. The van der Waals surface area contributed by atoms with Crippen LogP contribution in [0.3, 0.4) is 0 Å². The number of nitrogens with two attached hydrogens (primary N) is 1. The maximum absolute atomic E-state index is 11.9. The molecule has 0 spiro atoms. The van der Waals surface area contributed by atoms with Gasteiger partial charge in [-0.2, -0.15) is 5.10 Å². The van der Waals surface area contributed by atoms with Gasteiger partial charge in [-0.1, -0.05) is 12.1 Å². The third-order valence-corrected chi connectivity index (χ3v) is 3.33. The number of hydrogen-bond donors (Lipinski definition) is 2. The first kappa shape index (κ1) is 11.9. The van der Waals surface area contributed by atoms with Gasteiger partial charge in [-0.25, -0.2) is 0 Å². The van der Waals surface area contributed by atoms with Gasteiger partial charge in [0.25, 0.3) is 0 Å². The lowest BCUT2D eigenvalue weighted by atomic mass is 10.2. The van der Waals surface area contributed by atoms with Crippen LogP contribution in [0.1, 0.15) is 18.4 Å². The molecule has 0 bridgehead atoms. The van der Waals surface area contributed by atoms with Crippen molar-refractivity contribution in [1.82, 2.24) is 9.78 Å². The average Bonchev–Trinajstić information content (AvgIpc) is 2.95. The molecule has 0 atom stereocenters. The molecule has 0 radical (unpaired) electrons. The van der Waals surface area contributed by atoms with Gasteiger partial charge in [-0.05, 0) is 36.6 Å². The lowest BCUT2D eigenvalue weighted by Crippen LogP contribution is -2.37. The van der Waals surface area contributed by atoms with E-state index in [4.69, 9.17) is 5.73 Å². The molecular weight excluding hydrogens is 240 g/mol. The fourth-order valence-electron chi connectivity index (χ4n) is 1.95. The van der Waals surface area contributed by atoms with Crippen LogP contribution in [-0.4, -0.2) is 21.2 Å². The van der Waals surface area contributed by atoms with Gasteiger partial charge >= 0.3 is 0 Å². The number of hydrogen-bond acceptors (Lipinski definition) is 3. The zero-order valence-electron chi connectivity index (χ0n) is 10.5. The van der Waals surface area contributed by atoms with Crippen molar-refractivity contribution in [2.24, 2.45) is 5.73 Å². The second kappa shape index (κ2) is 4.51. The first-order valence-corrected chi connectivity index (χ1v) is 6.32. The SMILES string of the molecule is NC1(C(=O)Nc2cccc(Cn3cccn3)c2)CC1. The fraction of sp³-hybridized carbons (Fsp3) is 0.286. The summed E-state index contributed by atoms with van der Waals surface area (Å²) in [4.78, 5) is 11.9. The van der Waals surface area contributed by atoms with Gasteiger partial charge in [0.1, 0.15) is 0 Å². The van der Waals surface area contributed by atoms with Gasteiger partial charge in [0.05, 0.1) is 12.1 Å². The molecule has 2 aromatic rings. The zero-order valence-corrected chi connectivity index (χ0v) is 10.5. The molecule has 1 saturated carbocycles. The van der Waals surface area contributed by atoms with Crippen molar-refractivity contribution in [3.05, 3.63) is 48.3 Å². The van der Waals surface area contributed by atoms with Gasteiger partial charge in [0.15, 0.2) is 0 Å².